The Morgan fingerprint density at radius 1 is 1.12 bits per heavy atom. The average Bonchev–Trinajstić information content (AvgIpc) is 3.16. The van der Waals surface area contributed by atoms with Crippen molar-refractivity contribution in [2.45, 2.75) is 39.5 Å². The Morgan fingerprint density at radius 2 is 1.85 bits per heavy atom. The van der Waals surface area contributed by atoms with E-state index in [2.05, 4.69) is 17.2 Å². The number of carbonyl (C=O) groups excluding carboxylic acids is 3. The van der Waals surface area contributed by atoms with Crippen LogP contribution in [0.1, 0.15) is 58.7 Å². The predicted molar refractivity (Wildman–Crippen MR) is 129 cm³/mol. The van der Waals surface area contributed by atoms with Crippen molar-refractivity contribution in [2.75, 3.05) is 18.4 Å². The molecule has 7 nitrogen and oxygen atoms in total. The molecule has 3 amide bonds. The fourth-order valence-corrected chi connectivity index (χ4v) is 4.49. The van der Waals surface area contributed by atoms with Crippen LogP contribution in [0, 0.1) is 5.92 Å². The van der Waals surface area contributed by atoms with Gasteiger partial charge in [-0.05, 0) is 80.1 Å². The second-order valence-corrected chi connectivity index (χ2v) is 8.82. The molecule has 0 aliphatic heterocycles. The van der Waals surface area contributed by atoms with Gasteiger partial charge in [0.15, 0.2) is 0 Å². The molecule has 1 aliphatic rings. The van der Waals surface area contributed by atoms with Gasteiger partial charge in [-0.2, -0.15) is 0 Å². The number of rotatable bonds is 7. The van der Waals surface area contributed by atoms with Gasteiger partial charge < -0.3 is 20.9 Å². The summed E-state index contributed by atoms with van der Waals surface area (Å²) in [6, 6.07) is 12.2. The van der Waals surface area contributed by atoms with E-state index in [0.717, 1.165) is 23.7 Å². The number of anilines is 1. The lowest BCUT2D eigenvalue weighted by molar-refractivity contribution is -0.116. The van der Waals surface area contributed by atoms with Crippen LogP contribution in [0.5, 0.6) is 0 Å². The second-order valence-electron chi connectivity index (χ2n) is 8.82. The molecule has 1 aromatic heterocycles. The summed E-state index contributed by atoms with van der Waals surface area (Å²) in [5.41, 5.74) is 10.5. The minimum Gasteiger partial charge on any atom is -0.366 e. The molecular weight excluding hydrogens is 416 g/mol. The number of hydrogen-bond acceptors (Lipinski definition) is 3. The van der Waals surface area contributed by atoms with E-state index < -0.39 is 5.91 Å². The van der Waals surface area contributed by atoms with Gasteiger partial charge >= 0.3 is 0 Å². The Bertz CT molecular complexity index is 1200. The SMILES string of the molecule is CCN(CCC(=O)Nc1ccc(C(N)=O)cc1)C(=O)c1ccc2[nH]c3c(c2c1)CC(C)CC3. The molecule has 4 N–H and O–H groups in total. The number of aromatic amines is 1. The van der Waals surface area contributed by atoms with Gasteiger partial charge in [-0.25, -0.2) is 0 Å². The number of H-pyrrole nitrogens is 1. The average molecular weight is 447 g/mol. The number of nitrogens with two attached hydrogens (primary N) is 1. The van der Waals surface area contributed by atoms with Gasteiger partial charge in [-0.3, -0.25) is 14.4 Å². The molecule has 1 aliphatic carbocycles. The number of nitrogens with one attached hydrogen (secondary N) is 2. The summed E-state index contributed by atoms with van der Waals surface area (Å²) in [7, 11) is 0. The van der Waals surface area contributed by atoms with E-state index in [1.165, 1.54) is 17.7 Å². The molecule has 1 unspecified atom stereocenters. The number of amides is 3. The van der Waals surface area contributed by atoms with Crippen LogP contribution < -0.4 is 11.1 Å². The first kappa shape index (κ1) is 22.6. The maximum atomic E-state index is 13.2. The van der Waals surface area contributed by atoms with Crippen LogP contribution in [0.25, 0.3) is 10.9 Å². The molecule has 2 aromatic carbocycles. The molecule has 33 heavy (non-hydrogen) atoms. The van der Waals surface area contributed by atoms with E-state index in [-0.39, 0.29) is 18.2 Å². The topological polar surface area (TPSA) is 108 Å². The Balaban J connectivity index is 1.41. The summed E-state index contributed by atoms with van der Waals surface area (Å²) in [5.74, 6) is -0.139. The number of nitrogens with zero attached hydrogens (tertiary/aromatic N) is 1. The van der Waals surface area contributed by atoms with Gasteiger partial charge in [0, 0.05) is 52.9 Å². The first-order valence-corrected chi connectivity index (χ1v) is 11.5. The smallest absolute Gasteiger partial charge is 0.253 e. The first-order valence-electron chi connectivity index (χ1n) is 11.5. The summed E-state index contributed by atoms with van der Waals surface area (Å²) in [4.78, 5) is 42.0. The van der Waals surface area contributed by atoms with E-state index in [9.17, 15) is 14.4 Å². The molecule has 0 spiro atoms. The molecule has 0 radical (unpaired) electrons. The molecule has 4 rings (SSSR count). The van der Waals surface area contributed by atoms with E-state index in [1.54, 1.807) is 29.2 Å². The van der Waals surface area contributed by atoms with Crippen LogP contribution in [-0.4, -0.2) is 40.7 Å². The van der Waals surface area contributed by atoms with Gasteiger partial charge in [-0.15, -0.1) is 0 Å². The molecule has 0 saturated carbocycles. The van der Waals surface area contributed by atoms with Crippen molar-refractivity contribution in [1.82, 2.24) is 9.88 Å². The van der Waals surface area contributed by atoms with E-state index in [4.69, 9.17) is 5.73 Å². The fourth-order valence-electron chi connectivity index (χ4n) is 4.49. The van der Waals surface area contributed by atoms with Crippen LogP contribution in [0.15, 0.2) is 42.5 Å². The standard InChI is InChI=1S/C26H30N4O3/c1-3-30(13-12-24(31)28-19-8-5-17(6-9-19)25(27)32)26(33)18-7-11-23-21(15-18)20-14-16(2)4-10-22(20)29-23/h5-9,11,15-16,29H,3-4,10,12-14H2,1-2H3,(H2,27,32)(H,28,31). The van der Waals surface area contributed by atoms with Gasteiger partial charge in [0.05, 0.1) is 0 Å². The lowest BCUT2D eigenvalue weighted by Gasteiger charge is -2.21. The lowest BCUT2D eigenvalue weighted by atomic mass is 9.87. The molecule has 3 aromatic rings. The van der Waals surface area contributed by atoms with Crippen molar-refractivity contribution < 1.29 is 14.4 Å². The fraction of sp³-hybridized carbons (Fsp3) is 0.346. The molecule has 7 heteroatoms. The van der Waals surface area contributed by atoms with Crippen LogP contribution in [0.2, 0.25) is 0 Å². The first-order chi connectivity index (χ1) is 15.9. The van der Waals surface area contributed by atoms with E-state index >= 15 is 0 Å². The van der Waals surface area contributed by atoms with Gasteiger partial charge in [0.25, 0.3) is 5.91 Å². The number of benzene rings is 2. The highest BCUT2D eigenvalue weighted by molar-refractivity contribution is 6.00. The second kappa shape index (κ2) is 9.48. The van der Waals surface area contributed by atoms with Crippen LogP contribution in [-0.2, 0) is 17.6 Å². The Morgan fingerprint density at radius 3 is 2.55 bits per heavy atom. The Labute approximate surface area is 193 Å². The summed E-state index contributed by atoms with van der Waals surface area (Å²) >= 11 is 0. The van der Waals surface area contributed by atoms with Crippen LogP contribution >= 0.6 is 0 Å². The third-order valence-corrected chi connectivity index (χ3v) is 6.41. The lowest BCUT2D eigenvalue weighted by Crippen LogP contribution is -2.33. The number of hydrogen-bond donors (Lipinski definition) is 3. The number of primary amides is 1. The maximum Gasteiger partial charge on any atom is 0.253 e. The third-order valence-electron chi connectivity index (χ3n) is 6.41. The van der Waals surface area contributed by atoms with E-state index in [1.807, 2.05) is 25.1 Å². The summed E-state index contributed by atoms with van der Waals surface area (Å²) in [6.07, 6.45) is 3.45. The quantitative estimate of drug-likeness (QED) is 0.512. The highest BCUT2D eigenvalue weighted by Gasteiger charge is 2.22. The van der Waals surface area contributed by atoms with Crippen molar-refractivity contribution in [1.29, 1.82) is 0 Å². The largest absolute Gasteiger partial charge is 0.366 e. The third kappa shape index (κ3) is 4.92. The molecule has 0 saturated heterocycles. The van der Waals surface area contributed by atoms with Crippen molar-refractivity contribution in [3.8, 4) is 0 Å². The van der Waals surface area contributed by atoms with Crippen molar-refractivity contribution in [3.05, 3.63) is 64.8 Å². The monoisotopic (exact) mass is 446 g/mol. The van der Waals surface area contributed by atoms with Crippen molar-refractivity contribution in [3.63, 3.8) is 0 Å². The minimum atomic E-state index is -0.516. The van der Waals surface area contributed by atoms with Gasteiger partial charge in [0.2, 0.25) is 11.8 Å². The number of aryl methyl sites for hydroxylation is 1. The molecule has 0 fully saturated rings. The number of fused-ring (bicyclic) bond motifs is 3. The van der Waals surface area contributed by atoms with Gasteiger partial charge in [-0.1, -0.05) is 6.92 Å². The summed E-state index contributed by atoms with van der Waals surface area (Å²) in [5, 5.41) is 3.93. The van der Waals surface area contributed by atoms with E-state index in [0.29, 0.717) is 35.8 Å². The number of carbonyl (C=O) groups is 3. The molecular formula is C26H30N4O3. The number of aromatic nitrogens is 1. The summed E-state index contributed by atoms with van der Waals surface area (Å²) < 4.78 is 0. The molecule has 1 heterocycles. The van der Waals surface area contributed by atoms with Gasteiger partial charge in [0.1, 0.15) is 0 Å². The molecule has 172 valence electrons. The van der Waals surface area contributed by atoms with Crippen molar-refractivity contribution >= 4 is 34.3 Å². The Kier molecular flexibility index (Phi) is 6.49. The zero-order valence-electron chi connectivity index (χ0n) is 19.1. The molecule has 0 bridgehead atoms. The highest BCUT2D eigenvalue weighted by atomic mass is 16.2. The normalized spacial score (nSPS) is 15.2. The minimum absolute atomic E-state index is 0.0724. The maximum absolute atomic E-state index is 13.2. The highest BCUT2D eigenvalue weighted by Crippen LogP contribution is 2.32. The summed E-state index contributed by atoms with van der Waals surface area (Å²) in [6.45, 7) is 5.02. The molecule has 1 atom stereocenters. The predicted octanol–water partition coefficient (Wildman–Crippen LogP) is 3.88. The zero-order chi connectivity index (χ0) is 23.5. The Hall–Kier alpha value is -3.61. The van der Waals surface area contributed by atoms with Crippen LogP contribution in [0.3, 0.4) is 0 Å². The zero-order valence-corrected chi connectivity index (χ0v) is 19.1. The van der Waals surface area contributed by atoms with Crippen molar-refractivity contribution in [2.24, 2.45) is 11.7 Å². The van der Waals surface area contributed by atoms with Crippen LogP contribution in [0.4, 0.5) is 5.69 Å².